The first kappa shape index (κ1) is 14.9. The molecule has 0 amide bonds. The minimum Gasteiger partial charge on any atom is -0.494 e. The average molecular weight is 326 g/mol. The molecule has 19 heavy (non-hydrogen) atoms. The summed E-state index contributed by atoms with van der Waals surface area (Å²) in [4.78, 5) is 0.0604. The molecule has 0 spiro atoms. The highest BCUT2D eigenvalue weighted by atomic mass is 35.5. The van der Waals surface area contributed by atoms with E-state index in [4.69, 9.17) is 32.7 Å². The molecule has 0 N–H and O–H groups in total. The Labute approximate surface area is 122 Å². The lowest BCUT2D eigenvalue weighted by Crippen LogP contribution is -2.40. The quantitative estimate of drug-likeness (QED) is 0.853. The summed E-state index contributed by atoms with van der Waals surface area (Å²) in [5, 5.41) is 0.337. The highest BCUT2D eigenvalue weighted by Crippen LogP contribution is 2.36. The second kappa shape index (κ2) is 5.85. The van der Waals surface area contributed by atoms with Crippen LogP contribution in [0.4, 0.5) is 0 Å². The third-order valence-electron chi connectivity index (χ3n) is 2.78. The van der Waals surface area contributed by atoms with Gasteiger partial charge in [0.15, 0.2) is 5.75 Å². The Morgan fingerprint density at radius 3 is 2.21 bits per heavy atom. The molecule has 0 aromatic heterocycles. The van der Waals surface area contributed by atoms with Crippen molar-refractivity contribution in [3.63, 3.8) is 0 Å². The molecular formula is C11H13Cl2NO4S. The molecule has 0 radical (unpaired) electrons. The van der Waals surface area contributed by atoms with Crippen LogP contribution in [-0.4, -0.2) is 46.1 Å². The molecule has 5 nitrogen and oxygen atoms in total. The summed E-state index contributed by atoms with van der Waals surface area (Å²) in [5.74, 6) is 0.268. The first-order valence-electron chi connectivity index (χ1n) is 5.57. The van der Waals surface area contributed by atoms with E-state index in [0.717, 1.165) is 0 Å². The molecule has 1 aromatic carbocycles. The van der Waals surface area contributed by atoms with Gasteiger partial charge in [-0.1, -0.05) is 23.2 Å². The summed E-state index contributed by atoms with van der Waals surface area (Å²) < 4.78 is 36.3. The number of halogens is 2. The van der Waals surface area contributed by atoms with Crippen LogP contribution in [0.25, 0.3) is 0 Å². The fraction of sp³-hybridized carbons (Fsp3) is 0.455. The van der Waals surface area contributed by atoms with E-state index in [2.05, 4.69) is 0 Å². The highest BCUT2D eigenvalue weighted by Gasteiger charge is 2.27. The van der Waals surface area contributed by atoms with Gasteiger partial charge in [-0.25, -0.2) is 8.42 Å². The molecule has 1 aromatic rings. The van der Waals surface area contributed by atoms with E-state index in [-0.39, 0.29) is 20.7 Å². The van der Waals surface area contributed by atoms with Crippen LogP contribution < -0.4 is 4.74 Å². The molecule has 1 aliphatic rings. The summed E-state index contributed by atoms with van der Waals surface area (Å²) >= 11 is 11.9. The van der Waals surface area contributed by atoms with Crippen molar-refractivity contribution in [2.24, 2.45) is 0 Å². The summed E-state index contributed by atoms with van der Waals surface area (Å²) in [5.41, 5.74) is 0. The van der Waals surface area contributed by atoms with Gasteiger partial charge in [-0.05, 0) is 12.1 Å². The molecule has 0 aliphatic carbocycles. The Morgan fingerprint density at radius 1 is 1.21 bits per heavy atom. The van der Waals surface area contributed by atoms with Crippen LogP contribution in [0.5, 0.6) is 5.75 Å². The Bertz CT molecular complexity index is 547. The maximum atomic E-state index is 12.4. The molecule has 0 bridgehead atoms. The zero-order chi connectivity index (χ0) is 14.0. The number of nitrogens with zero attached hydrogens (tertiary/aromatic N) is 1. The summed E-state index contributed by atoms with van der Waals surface area (Å²) in [6.45, 7) is 1.42. The number of morpholine rings is 1. The largest absolute Gasteiger partial charge is 0.494 e. The van der Waals surface area contributed by atoms with Gasteiger partial charge >= 0.3 is 0 Å². The molecule has 1 aliphatic heterocycles. The highest BCUT2D eigenvalue weighted by molar-refractivity contribution is 7.89. The van der Waals surface area contributed by atoms with E-state index in [1.807, 2.05) is 0 Å². The normalized spacial score (nSPS) is 17.4. The molecule has 0 saturated carbocycles. The Hall–Kier alpha value is -0.530. The van der Waals surface area contributed by atoms with Crippen molar-refractivity contribution in [1.29, 1.82) is 0 Å². The van der Waals surface area contributed by atoms with E-state index in [0.29, 0.717) is 26.3 Å². The third kappa shape index (κ3) is 2.98. The summed E-state index contributed by atoms with van der Waals surface area (Å²) in [6, 6.07) is 2.69. The Morgan fingerprint density at radius 2 is 1.74 bits per heavy atom. The first-order chi connectivity index (χ1) is 8.96. The van der Waals surface area contributed by atoms with Crippen LogP contribution in [0.15, 0.2) is 17.0 Å². The smallest absolute Gasteiger partial charge is 0.243 e. The van der Waals surface area contributed by atoms with Crippen LogP contribution >= 0.6 is 23.2 Å². The monoisotopic (exact) mass is 325 g/mol. The molecule has 106 valence electrons. The number of methoxy groups -OCH3 is 1. The molecule has 1 fully saturated rings. The number of sulfonamides is 1. The van der Waals surface area contributed by atoms with E-state index in [1.54, 1.807) is 0 Å². The maximum absolute atomic E-state index is 12.4. The van der Waals surface area contributed by atoms with Gasteiger partial charge in [0.1, 0.15) is 0 Å². The predicted octanol–water partition coefficient (Wildman–Crippen LogP) is 2.02. The molecule has 8 heteroatoms. The number of rotatable bonds is 3. The van der Waals surface area contributed by atoms with E-state index >= 15 is 0 Å². The number of ether oxygens (including phenoxy) is 2. The van der Waals surface area contributed by atoms with Crippen LogP contribution in [0, 0.1) is 0 Å². The van der Waals surface area contributed by atoms with Crippen molar-refractivity contribution in [3.05, 3.63) is 22.2 Å². The molecule has 0 atom stereocenters. The minimum atomic E-state index is -3.60. The van der Waals surface area contributed by atoms with Crippen LogP contribution in [0.3, 0.4) is 0 Å². The van der Waals surface area contributed by atoms with Gasteiger partial charge < -0.3 is 9.47 Å². The first-order valence-corrected chi connectivity index (χ1v) is 7.77. The lowest BCUT2D eigenvalue weighted by atomic mass is 10.3. The molecule has 1 saturated heterocycles. The summed E-state index contributed by atoms with van der Waals surface area (Å²) in [6.07, 6.45) is 0. The topological polar surface area (TPSA) is 55.8 Å². The van der Waals surface area contributed by atoms with Gasteiger partial charge in [-0.3, -0.25) is 0 Å². The van der Waals surface area contributed by atoms with Gasteiger partial charge in [0.2, 0.25) is 10.0 Å². The third-order valence-corrected chi connectivity index (χ3v) is 5.22. The van der Waals surface area contributed by atoms with E-state index in [1.165, 1.54) is 23.5 Å². The molecule has 2 rings (SSSR count). The maximum Gasteiger partial charge on any atom is 0.243 e. The number of hydrogen-bond acceptors (Lipinski definition) is 4. The fourth-order valence-corrected chi connectivity index (χ4v) is 4.05. The van der Waals surface area contributed by atoms with Gasteiger partial charge in [-0.15, -0.1) is 0 Å². The van der Waals surface area contributed by atoms with Crippen molar-refractivity contribution in [1.82, 2.24) is 4.31 Å². The summed E-state index contributed by atoms with van der Waals surface area (Å²) in [7, 11) is -2.18. The van der Waals surface area contributed by atoms with Gasteiger partial charge in [0, 0.05) is 13.1 Å². The number of benzene rings is 1. The van der Waals surface area contributed by atoms with Crippen LogP contribution in [-0.2, 0) is 14.8 Å². The molecular weight excluding hydrogens is 313 g/mol. The van der Waals surface area contributed by atoms with Gasteiger partial charge in [-0.2, -0.15) is 4.31 Å². The lowest BCUT2D eigenvalue weighted by Gasteiger charge is -2.26. The fourth-order valence-electron chi connectivity index (χ4n) is 1.82. The second-order valence-electron chi connectivity index (χ2n) is 3.94. The minimum absolute atomic E-state index is 0.0604. The SMILES string of the molecule is COc1c(Cl)cc(S(=O)(=O)N2CCOCC2)cc1Cl. The zero-order valence-electron chi connectivity index (χ0n) is 10.2. The van der Waals surface area contributed by atoms with Gasteiger partial charge in [0.25, 0.3) is 0 Å². The van der Waals surface area contributed by atoms with E-state index in [9.17, 15) is 8.42 Å². The van der Waals surface area contributed by atoms with Crippen molar-refractivity contribution in [3.8, 4) is 5.75 Å². The zero-order valence-corrected chi connectivity index (χ0v) is 12.6. The Balaban J connectivity index is 2.40. The van der Waals surface area contributed by atoms with Gasteiger partial charge in [0.05, 0.1) is 35.3 Å². The molecule has 0 unspecified atom stereocenters. The average Bonchev–Trinajstić information content (AvgIpc) is 2.39. The standard InChI is InChI=1S/C11H13Cl2NO4S/c1-17-11-9(12)6-8(7-10(11)13)19(15,16)14-2-4-18-5-3-14/h6-7H,2-5H2,1H3. The lowest BCUT2D eigenvalue weighted by molar-refractivity contribution is 0.0730. The van der Waals surface area contributed by atoms with Crippen molar-refractivity contribution in [2.75, 3.05) is 33.4 Å². The van der Waals surface area contributed by atoms with E-state index < -0.39 is 10.0 Å². The number of hydrogen-bond donors (Lipinski definition) is 0. The molecule has 1 heterocycles. The van der Waals surface area contributed by atoms with Crippen molar-refractivity contribution < 1.29 is 17.9 Å². The Kier molecular flexibility index (Phi) is 4.58. The van der Waals surface area contributed by atoms with Crippen molar-refractivity contribution in [2.45, 2.75) is 4.90 Å². The second-order valence-corrected chi connectivity index (χ2v) is 6.69. The predicted molar refractivity (Wildman–Crippen MR) is 72.6 cm³/mol. The van der Waals surface area contributed by atoms with Crippen molar-refractivity contribution >= 4 is 33.2 Å². The van der Waals surface area contributed by atoms with Crippen LogP contribution in [0.2, 0.25) is 10.0 Å². The van der Waals surface area contributed by atoms with Crippen LogP contribution in [0.1, 0.15) is 0 Å².